The molecule has 1 aromatic heterocycles. The van der Waals surface area contributed by atoms with Crippen LogP contribution in [0.2, 0.25) is 0 Å². The molecule has 0 saturated carbocycles. The fourth-order valence-corrected chi connectivity index (χ4v) is 3.01. The molecule has 3 N–H and O–H groups in total. The van der Waals surface area contributed by atoms with Gasteiger partial charge in [-0.2, -0.15) is 5.10 Å². The van der Waals surface area contributed by atoms with Crippen molar-refractivity contribution >= 4 is 40.3 Å². The summed E-state index contributed by atoms with van der Waals surface area (Å²) in [5.74, 6) is 0.298. The molecule has 148 valence electrons. The predicted octanol–water partition coefficient (Wildman–Crippen LogP) is 2.88. The summed E-state index contributed by atoms with van der Waals surface area (Å²) in [6.45, 7) is 0. The Morgan fingerprint density at radius 3 is 2.62 bits per heavy atom. The molecule has 3 amide bonds. The summed E-state index contributed by atoms with van der Waals surface area (Å²) in [5, 5.41) is 17.7. The summed E-state index contributed by atoms with van der Waals surface area (Å²) in [6.07, 6.45) is 1.49. The zero-order valence-corrected chi connectivity index (χ0v) is 16.3. The third-order valence-corrected chi connectivity index (χ3v) is 4.40. The Morgan fingerprint density at radius 2 is 1.83 bits per heavy atom. The average molecular weight is 410 g/mol. The number of benzene rings is 2. The topological polar surface area (TPSA) is 118 Å². The van der Waals surface area contributed by atoms with Crippen molar-refractivity contribution in [2.75, 3.05) is 17.7 Å². The molecule has 3 rings (SSSR count). The molecule has 9 nitrogen and oxygen atoms in total. The first-order chi connectivity index (χ1) is 14.1. The van der Waals surface area contributed by atoms with Crippen LogP contribution in [0.1, 0.15) is 10.6 Å². The second-order valence-electron chi connectivity index (χ2n) is 5.66. The smallest absolute Gasteiger partial charge is 0.325 e. The van der Waals surface area contributed by atoms with Crippen LogP contribution >= 0.6 is 11.3 Å². The van der Waals surface area contributed by atoms with Gasteiger partial charge in [-0.05, 0) is 24.3 Å². The van der Waals surface area contributed by atoms with Crippen molar-refractivity contribution in [1.82, 2.24) is 15.6 Å². The molecule has 0 unspecified atom stereocenters. The second-order valence-corrected chi connectivity index (χ2v) is 6.72. The van der Waals surface area contributed by atoms with Crippen LogP contribution in [-0.4, -0.2) is 35.5 Å². The van der Waals surface area contributed by atoms with E-state index in [4.69, 9.17) is 4.74 Å². The maximum absolute atomic E-state index is 12.0. The van der Waals surface area contributed by atoms with Crippen molar-refractivity contribution in [3.8, 4) is 5.75 Å². The summed E-state index contributed by atoms with van der Waals surface area (Å²) < 4.78 is 5.21. The molecular formula is C19H18N6O3S. The molecule has 29 heavy (non-hydrogen) atoms. The summed E-state index contributed by atoms with van der Waals surface area (Å²) in [6, 6.07) is 15.9. The molecule has 0 saturated heterocycles. The van der Waals surface area contributed by atoms with E-state index in [9.17, 15) is 9.59 Å². The maximum atomic E-state index is 12.0. The van der Waals surface area contributed by atoms with E-state index in [2.05, 4.69) is 31.4 Å². The van der Waals surface area contributed by atoms with Gasteiger partial charge in [0.2, 0.25) is 11.0 Å². The number of nitrogens with one attached hydrogen (secondary N) is 3. The molecule has 0 aliphatic carbocycles. The number of hydrogen-bond acceptors (Lipinski definition) is 7. The number of carbonyl (C=O) groups excluding carboxylic acids is 2. The molecule has 0 spiro atoms. The number of amides is 3. The van der Waals surface area contributed by atoms with Crippen LogP contribution in [-0.2, 0) is 11.2 Å². The van der Waals surface area contributed by atoms with Gasteiger partial charge in [0.25, 0.3) is 0 Å². The number of hydrogen-bond donors (Lipinski definition) is 3. The van der Waals surface area contributed by atoms with Gasteiger partial charge in [0.1, 0.15) is 10.8 Å². The highest BCUT2D eigenvalue weighted by Gasteiger charge is 2.11. The van der Waals surface area contributed by atoms with Gasteiger partial charge in [-0.1, -0.05) is 41.7 Å². The van der Waals surface area contributed by atoms with E-state index in [1.54, 1.807) is 25.3 Å². The number of hydrazone groups is 1. The van der Waals surface area contributed by atoms with Gasteiger partial charge in [0.15, 0.2) is 0 Å². The van der Waals surface area contributed by atoms with Gasteiger partial charge in [-0.3, -0.25) is 10.1 Å². The SMILES string of the molecule is COc1ccccc1/C=N/NC(=O)Cc1nnc(NC(=O)Nc2ccccc2)s1. The molecular weight excluding hydrogens is 392 g/mol. The van der Waals surface area contributed by atoms with Crippen molar-refractivity contribution in [1.29, 1.82) is 0 Å². The average Bonchev–Trinajstić information content (AvgIpc) is 3.15. The number of para-hydroxylation sites is 2. The monoisotopic (exact) mass is 410 g/mol. The molecule has 0 fully saturated rings. The van der Waals surface area contributed by atoms with Crippen LogP contribution in [0.25, 0.3) is 0 Å². The lowest BCUT2D eigenvalue weighted by atomic mass is 10.2. The molecule has 2 aromatic carbocycles. The van der Waals surface area contributed by atoms with E-state index in [-0.39, 0.29) is 12.3 Å². The Hall–Kier alpha value is -3.79. The van der Waals surface area contributed by atoms with Gasteiger partial charge in [-0.25, -0.2) is 10.2 Å². The molecule has 0 bridgehead atoms. The largest absolute Gasteiger partial charge is 0.496 e. The fourth-order valence-electron chi connectivity index (χ4n) is 2.28. The van der Waals surface area contributed by atoms with Gasteiger partial charge in [0, 0.05) is 11.3 Å². The van der Waals surface area contributed by atoms with Gasteiger partial charge < -0.3 is 10.1 Å². The lowest BCUT2D eigenvalue weighted by Crippen LogP contribution is -2.19. The number of carbonyl (C=O) groups is 2. The maximum Gasteiger partial charge on any atom is 0.325 e. The highest BCUT2D eigenvalue weighted by molar-refractivity contribution is 7.15. The Balaban J connectivity index is 1.48. The van der Waals surface area contributed by atoms with Crippen LogP contribution in [0.4, 0.5) is 15.6 Å². The number of methoxy groups -OCH3 is 1. The van der Waals surface area contributed by atoms with E-state index in [0.717, 1.165) is 16.9 Å². The number of nitrogens with zero attached hydrogens (tertiary/aromatic N) is 3. The second kappa shape index (κ2) is 9.95. The normalized spacial score (nSPS) is 10.5. The fraction of sp³-hybridized carbons (Fsp3) is 0.105. The minimum Gasteiger partial charge on any atom is -0.496 e. The number of urea groups is 1. The highest BCUT2D eigenvalue weighted by Crippen LogP contribution is 2.17. The van der Waals surface area contributed by atoms with Crippen molar-refractivity contribution < 1.29 is 14.3 Å². The standard InChI is InChI=1S/C19H18N6O3S/c1-28-15-10-6-5-7-13(15)12-20-23-16(26)11-17-24-25-19(29-17)22-18(27)21-14-8-3-2-4-9-14/h2-10,12H,11H2,1H3,(H,23,26)(H2,21,22,25,27)/b20-12+. The van der Waals surface area contributed by atoms with Gasteiger partial charge >= 0.3 is 6.03 Å². The number of ether oxygens (including phenoxy) is 1. The summed E-state index contributed by atoms with van der Waals surface area (Å²) >= 11 is 1.11. The third kappa shape index (κ3) is 6.11. The number of aromatic nitrogens is 2. The lowest BCUT2D eigenvalue weighted by molar-refractivity contribution is -0.120. The van der Waals surface area contributed by atoms with Gasteiger partial charge in [0.05, 0.1) is 19.7 Å². The summed E-state index contributed by atoms with van der Waals surface area (Å²) in [5.41, 5.74) is 3.82. The Morgan fingerprint density at radius 1 is 1.07 bits per heavy atom. The molecule has 1 heterocycles. The predicted molar refractivity (Wildman–Crippen MR) is 111 cm³/mol. The number of anilines is 2. The van der Waals surface area contributed by atoms with E-state index in [1.165, 1.54) is 6.21 Å². The third-order valence-electron chi connectivity index (χ3n) is 3.56. The van der Waals surface area contributed by atoms with Crippen LogP contribution < -0.4 is 20.8 Å². The molecule has 0 atom stereocenters. The van der Waals surface area contributed by atoms with E-state index >= 15 is 0 Å². The van der Waals surface area contributed by atoms with E-state index in [0.29, 0.717) is 21.6 Å². The first kappa shape index (κ1) is 20.0. The van der Waals surface area contributed by atoms with Crippen LogP contribution in [0.15, 0.2) is 59.7 Å². The van der Waals surface area contributed by atoms with Crippen LogP contribution in [0.5, 0.6) is 5.75 Å². The lowest BCUT2D eigenvalue weighted by Gasteiger charge is -2.04. The molecule has 10 heteroatoms. The summed E-state index contributed by atoms with van der Waals surface area (Å²) in [7, 11) is 1.56. The minimum atomic E-state index is -0.440. The zero-order chi connectivity index (χ0) is 20.5. The van der Waals surface area contributed by atoms with Crippen LogP contribution in [0.3, 0.4) is 0 Å². The zero-order valence-electron chi connectivity index (χ0n) is 15.5. The number of rotatable bonds is 7. The van der Waals surface area contributed by atoms with Crippen LogP contribution in [0, 0.1) is 0 Å². The van der Waals surface area contributed by atoms with Crippen molar-refractivity contribution in [2.24, 2.45) is 5.10 Å². The van der Waals surface area contributed by atoms with Crippen molar-refractivity contribution in [2.45, 2.75) is 6.42 Å². The first-order valence-electron chi connectivity index (χ1n) is 8.54. The Bertz CT molecular complexity index is 1010. The Labute approximate surface area is 170 Å². The summed E-state index contributed by atoms with van der Waals surface area (Å²) in [4.78, 5) is 24.0. The van der Waals surface area contributed by atoms with Gasteiger partial charge in [-0.15, -0.1) is 10.2 Å². The quantitative estimate of drug-likeness (QED) is 0.409. The Kier molecular flexibility index (Phi) is 6.85. The first-order valence-corrected chi connectivity index (χ1v) is 9.36. The molecule has 0 aliphatic rings. The minimum absolute atomic E-state index is 0.0110. The molecule has 0 aliphatic heterocycles. The van der Waals surface area contributed by atoms with E-state index in [1.807, 2.05) is 36.4 Å². The van der Waals surface area contributed by atoms with Crippen molar-refractivity contribution in [3.63, 3.8) is 0 Å². The molecule has 3 aromatic rings. The molecule has 0 radical (unpaired) electrons. The highest BCUT2D eigenvalue weighted by atomic mass is 32.1. The van der Waals surface area contributed by atoms with E-state index < -0.39 is 6.03 Å². The van der Waals surface area contributed by atoms with Crippen molar-refractivity contribution in [3.05, 3.63) is 65.2 Å².